The summed E-state index contributed by atoms with van der Waals surface area (Å²) in [5, 5.41) is 71.4. The lowest BCUT2D eigenvalue weighted by Gasteiger charge is -2.26. The van der Waals surface area contributed by atoms with Crippen molar-refractivity contribution in [2.45, 2.75) is 13.8 Å². The van der Waals surface area contributed by atoms with Gasteiger partial charge in [-0.2, -0.15) is 0 Å². The molecule has 0 aliphatic heterocycles. The molecule has 7 nitrogen and oxygen atoms in total. The summed E-state index contributed by atoms with van der Waals surface area (Å²) in [4.78, 5) is 13.7. The molecule has 0 saturated carbocycles. The van der Waals surface area contributed by atoms with Crippen molar-refractivity contribution in [1.82, 2.24) is 0 Å². The van der Waals surface area contributed by atoms with E-state index in [9.17, 15) is 35.4 Å². The van der Waals surface area contributed by atoms with Crippen molar-refractivity contribution in [3.63, 3.8) is 0 Å². The third kappa shape index (κ3) is 5.97. The van der Waals surface area contributed by atoms with Gasteiger partial charge in [0.05, 0.1) is 5.56 Å². The molecule has 0 saturated heterocycles. The van der Waals surface area contributed by atoms with Crippen LogP contribution in [0.1, 0.15) is 40.9 Å². The molecule has 6 N–H and O–H groups in total. The van der Waals surface area contributed by atoms with Gasteiger partial charge in [0, 0.05) is 27.8 Å². The van der Waals surface area contributed by atoms with Gasteiger partial charge in [0.2, 0.25) is 0 Å². The maximum Gasteiger partial charge on any atom is 0.337 e. The fraction of sp³-hybridized carbons (Fsp3) is 0.0426. The van der Waals surface area contributed by atoms with Crippen LogP contribution in [-0.4, -0.2) is 36.6 Å². The van der Waals surface area contributed by atoms with E-state index in [-0.39, 0.29) is 27.8 Å². The molecular formula is C47H36O7. The van der Waals surface area contributed by atoms with E-state index in [1.165, 1.54) is 13.8 Å². The van der Waals surface area contributed by atoms with Gasteiger partial charge in [-0.25, -0.2) is 4.79 Å². The second kappa shape index (κ2) is 14.1. The van der Waals surface area contributed by atoms with Gasteiger partial charge in [-0.15, -0.1) is 0 Å². The van der Waals surface area contributed by atoms with Crippen LogP contribution in [0.3, 0.4) is 0 Å². The van der Waals surface area contributed by atoms with E-state index in [4.69, 9.17) is 0 Å². The number of allylic oxidation sites excluding steroid dienone is 2. The Morgan fingerprint density at radius 3 is 1.56 bits per heavy atom. The van der Waals surface area contributed by atoms with Crippen molar-refractivity contribution in [3.8, 4) is 44.5 Å². The fourth-order valence-corrected chi connectivity index (χ4v) is 7.35. The van der Waals surface area contributed by atoms with E-state index >= 15 is 0 Å². The third-order valence-electron chi connectivity index (χ3n) is 9.69. The van der Waals surface area contributed by atoms with Crippen LogP contribution in [0.15, 0.2) is 152 Å². The predicted molar refractivity (Wildman–Crippen MR) is 218 cm³/mol. The van der Waals surface area contributed by atoms with Crippen LogP contribution >= 0.6 is 0 Å². The van der Waals surface area contributed by atoms with Crippen molar-refractivity contribution in [1.29, 1.82) is 0 Å². The summed E-state index contributed by atoms with van der Waals surface area (Å²) in [5.41, 5.74) is 2.66. The molecule has 0 amide bonds. The Labute approximate surface area is 311 Å². The molecule has 7 heteroatoms. The Kier molecular flexibility index (Phi) is 9.15. The molecule has 0 aromatic heterocycles. The van der Waals surface area contributed by atoms with E-state index in [1.807, 2.05) is 103 Å². The minimum absolute atomic E-state index is 0.0563. The molecule has 7 rings (SSSR count). The van der Waals surface area contributed by atoms with Crippen LogP contribution in [0.5, 0.6) is 0 Å². The van der Waals surface area contributed by atoms with Crippen LogP contribution in [0.4, 0.5) is 0 Å². The number of carboxylic acids is 1. The Morgan fingerprint density at radius 1 is 0.444 bits per heavy atom. The molecule has 54 heavy (non-hydrogen) atoms. The van der Waals surface area contributed by atoms with Crippen LogP contribution < -0.4 is 0 Å². The highest BCUT2D eigenvalue weighted by molar-refractivity contribution is 6.14. The first-order valence-electron chi connectivity index (χ1n) is 17.2. The second-order valence-corrected chi connectivity index (χ2v) is 13.0. The molecule has 0 spiro atoms. The first-order valence-corrected chi connectivity index (χ1v) is 17.2. The van der Waals surface area contributed by atoms with Gasteiger partial charge in [-0.1, -0.05) is 134 Å². The lowest BCUT2D eigenvalue weighted by molar-refractivity contribution is 0.0697. The zero-order chi connectivity index (χ0) is 38.3. The number of aliphatic hydroxyl groups is 5. The fourth-order valence-electron chi connectivity index (χ4n) is 7.35. The van der Waals surface area contributed by atoms with Crippen LogP contribution in [0, 0.1) is 0 Å². The molecular weight excluding hydrogens is 677 g/mol. The van der Waals surface area contributed by atoms with E-state index in [0.717, 1.165) is 38.4 Å². The normalized spacial score (nSPS) is 12.3. The van der Waals surface area contributed by atoms with Gasteiger partial charge in [0.15, 0.2) is 11.5 Å². The highest BCUT2D eigenvalue weighted by atomic mass is 16.4. The van der Waals surface area contributed by atoms with Crippen molar-refractivity contribution in [3.05, 3.63) is 174 Å². The first-order chi connectivity index (χ1) is 26.0. The van der Waals surface area contributed by atoms with Gasteiger partial charge in [-0.05, 0) is 74.8 Å². The number of hydrogen-bond donors (Lipinski definition) is 6. The van der Waals surface area contributed by atoms with Gasteiger partial charge >= 0.3 is 5.97 Å². The van der Waals surface area contributed by atoms with E-state index in [2.05, 4.69) is 6.58 Å². The summed E-state index contributed by atoms with van der Waals surface area (Å²) in [6, 6.07) is 41.4. The highest BCUT2D eigenvalue weighted by Gasteiger charge is 2.35. The molecule has 0 fully saturated rings. The number of rotatable bonds is 8. The van der Waals surface area contributed by atoms with Crippen molar-refractivity contribution in [2.75, 3.05) is 0 Å². The number of aromatic carboxylic acids is 1. The van der Waals surface area contributed by atoms with Crippen molar-refractivity contribution >= 4 is 44.8 Å². The Morgan fingerprint density at radius 2 is 0.926 bits per heavy atom. The number of carbonyl (C=O) groups is 1. The molecule has 7 aromatic carbocycles. The average Bonchev–Trinajstić information content (AvgIpc) is 3.18. The molecule has 7 aromatic rings. The summed E-state index contributed by atoms with van der Waals surface area (Å²) >= 11 is 0. The van der Waals surface area contributed by atoms with Gasteiger partial charge in [-0.3, -0.25) is 0 Å². The number of carboxylic acid groups (broad SMARTS) is 1. The lowest BCUT2D eigenvalue weighted by atomic mass is 9.77. The number of fused-ring (bicyclic) bond motifs is 2. The summed E-state index contributed by atoms with van der Waals surface area (Å²) in [5.74, 6) is -4.70. The minimum Gasteiger partial charge on any atom is -0.509 e. The van der Waals surface area contributed by atoms with E-state index in [1.54, 1.807) is 30.3 Å². The van der Waals surface area contributed by atoms with Crippen LogP contribution in [-0.2, 0) is 0 Å². The SMILES string of the molecule is C=C(O)c1c(/C(O)=C(\C)O)c(-c2ccc(-c3ccccc3)c3ccccc23)c(/C(O)=C(\C)O)c(C(=O)O)c1-c1cccc(-c2cccc3ccccc23)c1. The standard InChI is InChI=1S/C47H36O7/c1-26(48)39-40(32-18-11-17-31(25-32)34-22-12-16-30-15-7-8-19-33(30)34)44(47(53)54)43(46(52)28(3)50)41(42(39)45(51)27(2)49)38-24-23-35(29-13-5-4-6-14-29)36-20-9-10-21-37(36)38/h4-25,48-52H,1H2,2-3H3,(H,53,54)/b45-27-,46-28-. The molecule has 0 radical (unpaired) electrons. The van der Waals surface area contributed by atoms with E-state index in [0.29, 0.717) is 16.5 Å². The zero-order valence-corrected chi connectivity index (χ0v) is 29.5. The van der Waals surface area contributed by atoms with E-state index < -0.39 is 40.3 Å². The summed E-state index contributed by atoms with van der Waals surface area (Å²) in [6.45, 7) is 6.28. The first kappa shape index (κ1) is 35.2. The van der Waals surface area contributed by atoms with Gasteiger partial charge in [0.25, 0.3) is 0 Å². The van der Waals surface area contributed by atoms with Crippen molar-refractivity contribution in [2.24, 2.45) is 0 Å². The number of aliphatic hydroxyl groups excluding tert-OH is 5. The molecule has 0 aliphatic carbocycles. The topological polar surface area (TPSA) is 138 Å². The third-order valence-corrected chi connectivity index (χ3v) is 9.69. The lowest BCUT2D eigenvalue weighted by Crippen LogP contribution is -2.14. The summed E-state index contributed by atoms with van der Waals surface area (Å²) in [7, 11) is 0. The average molecular weight is 713 g/mol. The smallest absolute Gasteiger partial charge is 0.337 e. The second-order valence-electron chi connectivity index (χ2n) is 13.0. The van der Waals surface area contributed by atoms with Crippen LogP contribution in [0.25, 0.3) is 83.3 Å². The van der Waals surface area contributed by atoms with Gasteiger partial charge in [0.1, 0.15) is 17.3 Å². The number of benzene rings is 7. The molecule has 0 unspecified atom stereocenters. The maximum atomic E-state index is 13.7. The Balaban J connectivity index is 1.68. The molecule has 0 bridgehead atoms. The van der Waals surface area contributed by atoms with Crippen molar-refractivity contribution < 1.29 is 35.4 Å². The predicted octanol–water partition coefficient (Wildman–Crippen LogP) is 12.5. The van der Waals surface area contributed by atoms with Gasteiger partial charge < -0.3 is 30.6 Å². The molecule has 0 atom stereocenters. The van der Waals surface area contributed by atoms with Crippen LogP contribution in [0.2, 0.25) is 0 Å². The quantitative estimate of drug-likeness (QED) is 0.0862. The number of hydrogen-bond acceptors (Lipinski definition) is 6. The zero-order valence-electron chi connectivity index (χ0n) is 29.5. The molecule has 0 aliphatic rings. The summed E-state index contributed by atoms with van der Waals surface area (Å²) in [6.07, 6.45) is 0. The Hall–Kier alpha value is -7.25. The maximum absolute atomic E-state index is 13.7. The highest BCUT2D eigenvalue weighted by Crippen LogP contribution is 2.50. The largest absolute Gasteiger partial charge is 0.509 e. The Bertz CT molecular complexity index is 2640. The summed E-state index contributed by atoms with van der Waals surface area (Å²) < 4.78 is 0. The molecule has 0 heterocycles. The monoisotopic (exact) mass is 712 g/mol. The minimum atomic E-state index is -1.49. The molecule has 266 valence electrons.